The summed E-state index contributed by atoms with van der Waals surface area (Å²) in [7, 11) is 0. The lowest BCUT2D eigenvalue weighted by molar-refractivity contribution is -0.123. The standard InChI is InChI=1S/C13H19N5S.2CH2O2/c14-13-16-7-12(19-13)9-17-4-1-11(2-5-17)8-18-6-3-15-10-18;2*2-1-3/h3,6-7,10-11H,1-2,4-5,8-9H2,(H2,14,16);2*1H,(H,2,3). The maximum Gasteiger partial charge on any atom is 0.290 e. The number of rotatable bonds is 4. The van der Waals surface area contributed by atoms with Crippen LogP contribution in [0.3, 0.4) is 0 Å². The first-order chi connectivity index (χ1) is 12.1. The molecule has 0 radical (unpaired) electrons. The van der Waals surface area contributed by atoms with Gasteiger partial charge in [-0.15, -0.1) is 11.3 Å². The Morgan fingerprint density at radius 3 is 2.40 bits per heavy atom. The van der Waals surface area contributed by atoms with E-state index in [2.05, 4.69) is 19.4 Å². The van der Waals surface area contributed by atoms with Crippen LogP contribution in [0.25, 0.3) is 0 Å². The van der Waals surface area contributed by atoms with E-state index in [1.807, 2.05) is 24.9 Å². The molecule has 3 heterocycles. The summed E-state index contributed by atoms with van der Waals surface area (Å²) >= 11 is 1.60. The van der Waals surface area contributed by atoms with Crippen LogP contribution in [0.1, 0.15) is 17.7 Å². The molecule has 25 heavy (non-hydrogen) atoms. The fraction of sp³-hybridized carbons (Fsp3) is 0.467. The van der Waals surface area contributed by atoms with Gasteiger partial charge < -0.3 is 20.5 Å². The van der Waals surface area contributed by atoms with Crippen LogP contribution in [0.5, 0.6) is 0 Å². The van der Waals surface area contributed by atoms with Gasteiger partial charge in [0.1, 0.15) is 0 Å². The molecule has 1 saturated heterocycles. The zero-order valence-corrected chi connectivity index (χ0v) is 14.6. The van der Waals surface area contributed by atoms with Gasteiger partial charge in [-0.05, 0) is 31.8 Å². The summed E-state index contributed by atoms with van der Waals surface area (Å²) in [5, 5.41) is 14.4. The fourth-order valence-corrected chi connectivity index (χ4v) is 3.36. The third-order valence-corrected chi connectivity index (χ3v) is 4.50. The van der Waals surface area contributed by atoms with Crippen LogP contribution in [0.15, 0.2) is 24.9 Å². The second-order valence-corrected chi connectivity index (χ2v) is 6.50. The zero-order valence-electron chi connectivity index (χ0n) is 13.8. The second-order valence-electron chi connectivity index (χ2n) is 5.35. The number of thiazole rings is 1. The normalized spacial score (nSPS) is 14.6. The number of carboxylic acid groups (broad SMARTS) is 2. The molecular formula is C15H23N5O4S. The quantitative estimate of drug-likeness (QED) is 0.685. The molecule has 0 amide bonds. The highest BCUT2D eigenvalue weighted by Gasteiger charge is 2.19. The van der Waals surface area contributed by atoms with Crippen molar-refractivity contribution in [3.05, 3.63) is 29.8 Å². The molecule has 1 aliphatic heterocycles. The maximum atomic E-state index is 8.36. The summed E-state index contributed by atoms with van der Waals surface area (Å²) in [6, 6.07) is 0. The first-order valence-electron chi connectivity index (χ1n) is 7.66. The maximum absolute atomic E-state index is 8.36. The van der Waals surface area contributed by atoms with Crippen molar-refractivity contribution in [1.82, 2.24) is 19.4 Å². The molecule has 9 nitrogen and oxygen atoms in total. The number of nitrogen functional groups attached to an aromatic ring is 1. The number of hydrogen-bond acceptors (Lipinski definition) is 7. The summed E-state index contributed by atoms with van der Waals surface area (Å²) in [6.45, 7) is 3.92. The minimum atomic E-state index is -0.250. The molecule has 2 aromatic rings. The first-order valence-corrected chi connectivity index (χ1v) is 8.48. The van der Waals surface area contributed by atoms with Crippen LogP contribution in [0, 0.1) is 5.92 Å². The molecule has 1 aliphatic rings. The summed E-state index contributed by atoms with van der Waals surface area (Å²) in [4.78, 5) is 28.7. The molecule has 0 saturated carbocycles. The van der Waals surface area contributed by atoms with Gasteiger partial charge in [0.25, 0.3) is 12.9 Å². The topological polar surface area (TPSA) is 135 Å². The number of imidazole rings is 1. The van der Waals surface area contributed by atoms with Crippen LogP contribution in [0.2, 0.25) is 0 Å². The zero-order chi connectivity index (χ0) is 18.5. The highest BCUT2D eigenvalue weighted by atomic mass is 32.1. The Labute approximate surface area is 149 Å². The van der Waals surface area contributed by atoms with Gasteiger partial charge >= 0.3 is 0 Å². The van der Waals surface area contributed by atoms with E-state index in [0.717, 1.165) is 32.1 Å². The summed E-state index contributed by atoms with van der Waals surface area (Å²) in [6.07, 6.45) is 10.2. The van der Waals surface area contributed by atoms with Crippen molar-refractivity contribution < 1.29 is 19.8 Å². The van der Waals surface area contributed by atoms with Gasteiger partial charge in [-0.2, -0.15) is 0 Å². The average molecular weight is 369 g/mol. The summed E-state index contributed by atoms with van der Waals surface area (Å²) in [5.74, 6) is 0.775. The number of piperidine rings is 1. The molecule has 3 rings (SSSR count). The monoisotopic (exact) mass is 369 g/mol. The molecule has 1 fully saturated rings. The van der Waals surface area contributed by atoms with E-state index in [4.69, 9.17) is 25.5 Å². The number of carbonyl (C=O) groups is 2. The summed E-state index contributed by atoms with van der Waals surface area (Å²) in [5.41, 5.74) is 5.66. The minimum Gasteiger partial charge on any atom is -0.483 e. The third-order valence-electron chi connectivity index (χ3n) is 3.69. The van der Waals surface area contributed by atoms with E-state index in [1.165, 1.54) is 17.7 Å². The van der Waals surface area contributed by atoms with Crippen LogP contribution in [-0.4, -0.2) is 55.7 Å². The second kappa shape index (κ2) is 12.0. The SMILES string of the molecule is Nc1ncc(CN2CCC(Cn3ccnc3)CC2)s1.O=CO.O=CO. The largest absolute Gasteiger partial charge is 0.483 e. The minimum absolute atomic E-state index is 0.250. The van der Waals surface area contributed by atoms with Crippen molar-refractivity contribution in [2.75, 3.05) is 18.8 Å². The van der Waals surface area contributed by atoms with Crippen molar-refractivity contribution >= 4 is 29.4 Å². The lowest BCUT2D eigenvalue weighted by Gasteiger charge is -2.31. The van der Waals surface area contributed by atoms with E-state index in [-0.39, 0.29) is 12.9 Å². The van der Waals surface area contributed by atoms with E-state index in [0.29, 0.717) is 5.13 Å². The highest BCUT2D eigenvalue weighted by Crippen LogP contribution is 2.22. The predicted molar refractivity (Wildman–Crippen MR) is 94.1 cm³/mol. The molecule has 0 atom stereocenters. The van der Waals surface area contributed by atoms with Gasteiger partial charge in [0.15, 0.2) is 5.13 Å². The predicted octanol–water partition coefficient (Wildman–Crippen LogP) is 1.24. The Bertz CT molecular complexity index is 591. The van der Waals surface area contributed by atoms with Crippen LogP contribution >= 0.6 is 11.3 Å². The Kier molecular flexibility index (Phi) is 9.87. The number of hydrogen-bond donors (Lipinski definition) is 3. The molecule has 2 aromatic heterocycles. The molecule has 0 unspecified atom stereocenters. The van der Waals surface area contributed by atoms with Crippen molar-refractivity contribution in [1.29, 1.82) is 0 Å². The number of anilines is 1. The molecule has 0 spiro atoms. The number of nitrogens with zero attached hydrogens (tertiary/aromatic N) is 4. The molecule has 138 valence electrons. The average Bonchev–Trinajstić information content (AvgIpc) is 3.23. The Balaban J connectivity index is 0.000000460. The van der Waals surface area contributed by atoms with Gasteiger partial charge in [-0.3, -0.25) is 14.5 Å². The van der Waals surface area contributed by atoms with E-state index in [9.17, 15) is 0 Å². The smallest absolute Gasteiger partial charge is 0.290 e. The Morgan fingerprint density at radius 2 is 1.92 bits per heavy atom. The van der Waals surface area contributed by atoms with E-state index < -0.39 is 0 Å². The number of likely N-dealkylation sites (tertiary alicyclic amines) is 1. The molecule has 0 bridgehead atoms. The van der Waals surface area contributed by atoms with Crippen molar-refractivity contribution in [2.24, 2.45) is 5.92 Å². The van der Waals surface area contributed by atoms with Crippen LogP contribution in [0.4, 0.5) is 5.13 Å². The number of aromatic nitrogens is 3. The molecule has 4 N–H and O–H groups in total. The highest BCUT2D eigenvalue weighted by molar-refractivity contribution is 7.15. The summed E-state index contributed by atoms with van der Waals surface area (Å²) < 4.78 is 2.18. The molecule has 0 aliphatic carbocycles. The lowest BCUT2D eigenvalue weighted by Crippen LogP contribution is -2.34. The van der Waals surface area contributed by atoms with Gasteiger partial charge in [0.05, 0.1) is 6.33 Å². The van der Waals surface area contributed by atoms with Crippen molar-refractivity contribution in [3.63, 3.8) is 0 Å². The van der Waals surface area contributed by atoms with Gasteiger partial charge in [0, 0.05) is 36.6 Å². The Morgan fingerprint density at radius 1 is 1.28 bits per heavy atom. The van der Waals surface area contributed by atoms with Crippen LogP contribution < -0.4 is 5.73 Å². The lowest BCUT2D eigenvalue weighted by atomic mass is 9.97. The van der Waals surface area contributed by atoms with Gasteiger partial charge in [-0.25, -0.2) is 9.97 Å². The molecule has 0 aromatic carbocycles. The van der Waals surface area contributed by atoms with Gasteiger partial charge in [-0.1, -0.05) is 0 Å². The van der Waals surface area contributed by atoms with E-state index >= 15 is 0 Å². The first kappa shape index (κ1) is 20.6. The van der Waals surface area contributed by atoms with Crippen molar-refractivity contribution in [3.8, 4) is 0 Å². The molecule has 10 heteroatoms. The van der Waals surface area contributed by atoms with Crippen molar-refractivity contribution in [2.45, 2.75) is 25.9 Å². The van der Waals surface area contributed by atoms with Gasteiger partial charge in [0.2, 0.25) is 0 Å². The van der Waals surface area contributed by atoms with Crippen LogP contribution in [-0.2, 0) is 22.7 Å². The molecular weight excluding hydrogens is 346 g/mol. The number of nitrogens with two attached hydrogens (primary N) is 1. The Hall–Kier alpha value is -2.46. The fourth-order valence-electron chi connectivity index (χ4n) is 2.64. The third kappa shape index (κ3) is 8.27. The van der Waals surface area contributed by atoms with E-state index in [1.54, 1.807) is 11.3 Å².